The second-order valence-electron chi connectivity index (χ2n) is 3.60. The second kappa shape index (κ2) is 2.44. The van der Waals surface area contributed by atoms with Gasteiger partial charge in [-0.2, -0.15) is 0 Å². The van der Waals surface area contributed by atoms with Crippen molar-refractivity contribution in [2.45, 2.75) is 27.2 Å². The quantitative estimate of drug-likeness (QED) is 0.552. The molecule has 1 nitrogen and oxygen atoms in total. The van der Waals surface area contributed by atoms with E-state index in [1.165, 1.54) is 28.1 Å². The number of aryl methyl sites for hydroxylation is 2. The molecule has 0 radical (unpaired) electrons. The molecular weight excluding hydrogens is 146 g/mol. The normalized spacial score (nSPS) is 14.4. The number of hydrogen-bond donors (Lipinski definition) is 0. The third kappa shape index (κ3) is 1.06. The van der Waals surface area contributed by atoms with Crippen LogP contribution in [0.15, 0.2) is 17.1 Å². The van der Waals surface area contributed by atoms with Crippen LogP contribution in [-0.2, 0) is 6.42 Å². The smallest absolute Gasteiger partial charge is 0.0670 e. The van der Waals surface area contributed by atoms with Crippen LogP contribution in [0.4, 0.5) is 5.69 Å². The van der Waals surface area contributed by atoms with Gasteiger partial charge in [-0.25, -0.2) is 0 Å². The van der Waals surface area contributed by atoms with Gasteiger partial charge < -0.3 is 0 Å². The van der Waals surface area contributed by atoms with Crippen molar-refractivity contribution in [3.63, 3.8) is 0 Å². The molecule has 0 spiro atoms. The fourth-order valence-electron chi connectivity index (χ4n) is 1.81. The van der Waals surface area contributed by atoms with Crippen LogP contribution in [0.1, 0.15) is 23.6 Å². The van der Waals surface area contributed by atoms with Crippen LogP contribution in [0.2, 0.25) is 0 Å². The molecule has 1 aromatic carbocycles. The maximum atomic E-state index is 4.49. The van der Waals surface area contributed by atoms with Crippen molar-refractivity contribution in [3.8, 4) is 0 Å². The first-order valence-electron chi connectivity index (χ1n) is 4.31. The minimum absolute atomic E-state index is 1.04. The zero-order valence-corrected chi connectivity index (χ0v) is 7.81. The van der Waals surface area contributed by atoms with Gasteiger partial charge in [0.2, 0.25) is 0 Å². The zero-order valence-electron chi connectivity index (χ0n) is 7.81. The van der Waals surface area contributed by atoms with Crippen molar-refractivity contribution in [2.24, 2.45) is 4.99 Å². The molecule has 2 rings (SSSR count). The lowest BCUT2D eigenvalue weighted by Crippen LogP contribution is -1.91. The van der Waals surface area contributed by atoms with Crippen molar-refractivity contribution in [2.75, 3.05) is 0 Å². The molecule has 0 amide bonds. The summed E-state index contributed by atoms with van der Waals surface area (Å²) in [4.78, 5) is 4.49. The van der Waals surface area contributed by atoms with E-state index < -0.39 is 0 Å². The molecular formula is C11H13N. The van der Waals surface area contributed by atoms with Crippen LogP contribution in [-0.4, -0.2) is 5.71 Å². The van der Waals surface area contributed by atoms with Gasteiger partial charge in [0.15, 0.2) is 0 Å². The number of benzene rings is 1. The van der Waals surface area contributed by atoms with E-state index in [9.17, 15) is 0 Å². The molecule has 1 aromatic rings. The van der Waals surface area contributed by atoms with Crippen LogP contribution in [0.25, 0.3) is 0 Å². The molecule has 1 heteroatoms. The SMILES string of the molecule is CC1=Nc2cc(C)cc(C)c2C1. The van der Waals surface area contributed by atoms with E-state index >= 15 is 0 Å². The third-order valence-corrected chi connectivity index (χ3v) is 2.34. The maximum absolute atomic E-state index is 4.49. The van der Waals surface area contributed by atoms with E-state index in [4.69, 9.17) is 0 Å². The van der Waals surface area contributed by atoms with Crippen LogP contribution < -0.4 is 0 Å². The Morgan fingerprint density at radius 1 is 1.17 bits per heavy atom. The highest BCUT2D eigenvalue weighted by Gasteiger charge is 2.13. The topological polar surface area (TPSA) is 12.4 Å². The maximum Gasteiger partial charge on any atom is 0.0670 e. The van der Waals surface area contributed by atoms with Crippen LogP contribution in [0.5, 0.6) is 0 Å². The standard InChI is InChI=1S/C11H13N/c1-7-4-8(2)10-6-9(3)12-11(10)5-7/h4-5H,6H2,1-3H3. The fraction of sp³-hybridized carbons (Fsp3) is 0.364. The molecule has 1 aliphatic rings. The number of nitrogens with zero attached hydrogens (tertiary/aromatic N) is 1. The van der Waals surface area contributed by atoms with Crippen molar-refractivity contribution >= 4 is 11.4 Å². The molecule has 12 heavy (non-hydrogen) atoms. The summed E-state index contributed by atoms with van der Waals surface area (Å²) >= 11 is 0. The fourth-order valence-corrected chi connectivity index (χ4v) is 1.81. The van der Waals surface area contributed by atoms with E-state index in [0.29, 0.717) is 0 Å². The highest BCUT2D eigenvalue weighted by molar-refractivity contribution is 5.92. The average molecular weight is 159 g/mol. The lowest BCUT2D eigenvalue weighted by atomic mass is 10.0. The summed E-state index contributed by atoms with van der Waals surface area (Å²) in [6, 6.07) is 4.39. The Morgan fingerprint density at radius 3 is 2.67 bits per heavy atom. The third-order valence-electron chi connectivity index (χ3n) is 2.34. The van der Waals surface area contributed by atoms with Crippen molar-refractivity contribution in [1.29, 1.82) is 0 Å². The summed E-state index contributed by atoms with van der Waals surface area (Å²) in [5.41, 5.74) is 6.53. The summed E-state index contributed by atoms with van der Waals surface area (Å²) in [5, 5.41) is 0. The van der Waals surface area contributed by atoms with Crippen LogP contribution in [0.3, 0.4) is 0 Å². The van der Waals surface area contributed by atoms with Gasteiger partial charge in [-0.15, -0.1) is 0 Å². The van der Waals surface area contributed by atoms with Gasteiger partial charge in [0, 0.05) is 12.1 Å². The van der Waals surface area contributed by atoms with Gasteiger partial charge in [0.1, 0.15) is 0 Å². The van der Waals surface area contributed by atoms with Crippen molar-refractivity contribution < 1.29 is 0 Å². The van der Waals surface area contributed by atoms with E-state index in [1.54, 1.807) is 0 Å². The molecule has 0 saturated carbocycles. The Morgan fingerprint density at radius 2 is 1.92 bits per heavy atom. The molecule has 0 bridgehead atoms. The Hall–Kier alpha value is -1.11. The van der Waals surface area contributed by atoms with Gasteiger partial charge >= 0.3 is 0 Å². The summed E-state index contributed by atoms with van der Waals surface area (Å²) in [7, 11) is 0. The predicted octanol–water partition coefficient (Wildman–Crippen LogP) is 2.95. The second-order valence-corrected chi connectivity index (χ2v) is 3.60. The van der Waals surface area contributed by atoms with Crippen molar-refractivity contribution in [1.82, 2.24) is 0 Å². The van der Waals surface area contributed by atoms with Crippen LogP contribution >= 0.6 is 0 Å². The largest absolute Gasteiger partial charge is 0.257 e. The van der Waals surface area contributed by atoms with Gasteiger partial charge in [0.25, 0.3) is 0 Å². The molecule has 0 aromatic heterocycles. The minimum atomic E-state index is 1.04. The molecule has 0 atom stereocenters. The number of hydrogen-bond acceptors (Lipinski definition) is 1. The Balaban J connectivity index is 2.61. The van der Waals surface area contributed by atoms with Crippen LogP contribution in [0, 0.1) is 13.8 Å². The lowest BCUT2D eigenvalue weighted by molar-refractivity contribution is 1.27. The van der Waals surface area contributed by atoms with E-state index in [2.05, 4.69) is 37.9 Å². The Bertz CT molecular complexity index is 362. The summed E-state index contributed by atoms with van der Waals surface area (Å²) in [5.74, 6) is 0. The highest BCUT2D eigenvalue weighted by Crippen LogP contribution is 2.30. The molecule has 0 saturated heterocycles. The lowest BCUT2D eigenvalue weighted by Gasteiger charge is -2.03. The Kier molecular flexibility index (Phi) is 1.53. The summed E-state index contributed by atoms with van der Waals surface area (Å²) in [6.07, 6.45) is 1.04. The summed E-state index contributed by atoms with van der Waals surface area (Å²) < 4.78 is 0. The van der Waals surface area contributed by atoms with Gasteiger partial charge in [-0.05, 0) is 43.5 Å². The van der Waals surface area contributed by atoms with Gasteiger partial charge in [-0.1, -0.05) is 6.07 Å². The van der Waals surface area contributed by atoms with Gasteiger partial charge in [0.05, 0.1) is 5.69 Å². The molecule has 1 aliphatic heterocycles. The number of rotatable bonds is 0. The first kappa shape index (κ1) is 7.53. The van der Waals surface area contributed by atoms with Gasteiger partial charge in [-0.3, -0.25) is 4.99 Å². The first-order valence-corrected chi connectivity index (χ1v) is 4.31. The number of aliphatic imine (C=N–C) groups is 1. The molecule has 62 valence electrons. The van der Waals surface area contributed by atoms with E-state index in [1.807, 2.05) is 0 Å². The molecule has 0 aliphatic carbocycles. The van der Waals surface area contributed by atoms with E-state index in [0.717, 1.165) is 6.42 Å². The minimum Gasteiger partial charge on any atom is -0.257 e. The molecule has 0 fully saturated rings. The van der Waals surface area contributed by atoms with Crippen molar-refractivity contribution in [3.05, 3.63) is 28.8 Å². The number of fused-ring (bicyclic) bond motifs is 1. The average Bonchev–Trinajstić information content (AvgIpc) is 2.29. The van der Waals surface area contributed by atoms with E-state index in [-0.39, 0.29) is 0 Å². The highest BCUT2D eigenvalue weighted by atomic mass is 14.8. The Labute approximate surface area is 73.1 Å². The molecule has 0 unspecified atom stereocenters. The molecule has 0 N–H and O–H groups in total. The monoisotopic (exact) mass is 159 g/mol. The zero-order chi connectivity index (χ0) is 8.72. The predicted molar refractivity (Wildman–Crippen MR) is 52.4 cm³/mol. The first-order chi connectivity index (χ1) is 5.66. The molecule has 1 heterocycles. The summed E-state index contributed by atoms with van der Waals surface area (Å²) in [6.45, 7) is 6.38.